The number of carbonyl (C=O) groups is 1. The lowest BCUT2D eigenvalue weighted by molar-refractivity contribution is 0.196. The topological polar surface area (TPSA) is 47.6 Å². The number of carbonyl (C=O) groups excluding carboxylic acids is 1. The molecule has 0 radical (unpaired) electrons. The largest absolute Gasteiger partial charge is 0.491 e. The van der Waals surface area contributed by atoms with Gasteiger partial charge in [-0.3, -0.25) is 0 Å². The van der Waals surface area contributed by atoms with Gasteiger partial charge < -0.3 is 14.8 Å². The van der Waals surface area contributed by atoms with E-state index in [1.54, 1.807) is 0 Å². The quantitative estimate of drug-likeness (QED) is 0.396. The first-order chi connectivity index (χ1) is 15.0. The Morgan fingerprint density at radius 1 is 0.742 bits per heavy atom. The molecule has 3 aliphatic carbocycles. The zero-order valence-electron chi connectivity index (χ0n) is 18.3. The van der Waals surface area contributed by atoms with Crippen molar-refractivity contribution in [1.82, 2.24) is 5.32 Å². The van der Waals surface area contributed by atoms with Crippen LogP contribution in [-0.2, 0) is 0 Å². The molecule has 1 N–H and O–H groups in total. The van der Waals surface area contributed by atoms with E-state index in [2.05, 4.69) is 53.8 Å². The summed E-state index contributed by atoms with van der Waals surface area (Å²) in [6.45, 7) is 7.92. The smallest absolute Gasteiger partial charge is 0.412 e. The van der Waals surface area contributed by atoms with E-state index in [4.69, 9.17) is 9.47 Å². The van der Waals surface area contributed by atoms with Crippen LogP contribution in [0.5, 0.6) is 11.5 Å². The predicted octanol–water partition coefficient (Wildman–Crippen LogP) is 5.96. The van der Waals surface area contributed by atoms with Crippen molar-refractivity contribution >= 4 is 6.09 Å². The molecule has 4 heteroatoms. The lowest BCUT2D eigenvalue weighted by atomic mass is 9.60. The van der Waals surface area contributed by atoms with Gasteiger partial charge in [0.15, 0.2) is 0 Å². The second-order valence-electron chi connectivity index (χ2n) is 8.87. The summed E-state index contributed by atoms with van der Waals surface area (Å²) in [4.78, 5) is 12.5. The van der Waals surface area contributed by atoms with Crippen molar-refractivity contribution in [2.45, 2.75) is 51.7 Å². The number of hydrogen-bond acceptors (Lipinski definition) is 3. The fraction of sp³-hybridized carbons (Fsp3) is 0.296. The summed E-state index contributed by atoms with van der Waals surface area (Å²) in [5, 5.41) is 2.83. The van der Waals surface area contributed by atoms with Crippen LogP contribution in [0.4, 0.5) is 4.79 Å². The van der Waals surface area contributed by atoms with Crippen molar-refractivity contribution in [3.05, 3.63) is 94.0 Å². The molecule has 0 aromatic heterocycles. The Morgan fingerprint density at radius 3 is 1.65 bits per heavy atom. The molecule has 4 nitrogen and oxygen atoms in total. The van der Waals surface area contributed by atoms with Crippen molar-refractivity contribution in [2.75, 3.05) is 0 Å². The van der Waals surface area contributed by atoms with Gasteiger partial charge >= 0.3 is 6.09 Å². The molecule has 0 aliphatic heterocycles. The van der Waals surface area contributed by atoms with Crippen LogP contribution in [0.3, 0.4) is 0 Å². The molecule has 158 valence electrons. The highest BCUT2D eigenvalue weighted by molar-refractivity contribution is 5.76. The maximum atomic E-state index is 12.5. The average Bonchev–Trinajstić information content (AvgIpc) is 2.74. The summed E-state index contributed by atoms with van der Waals surface area (Å²) in [5.74, 6) is 1.52. The molecule has 31 heavy (non-hydrogen) atoms. The number of benzene rings is 3. The molecule has 6 rings (SSSR count). The molecule has 0 saturated heterocycles. The Kier molecular flexibility index (Phi) is 4.73. The standard InChI is InChI=1S/C27H27NO3/c1-15(2)28-27(29)31-22-14-13-21(30-16(3)4)25-23-17-9-5-7-11-19(17)24(26(22)25)20-12-8-6-10-18(20)23/h5-16,23-24H,1-4H3,(H,28,29). The van der Waals surface area contributed by atoms with Crippen molar-refractivity contribution in [2.24, 2.45) is 0 Å². The number of ether oxygens (including phenoxy) is 2. The predicted molar refractivity (Wildman–Crippen MR) is 121 cm³/mol. The third kappa shape index (κ3) is 3.18. The SMILES string of the molecule is CC(C)NC(=O)Oc1ccc(OC(C)C)c2c1C1c3ccccc3C2c2ccccc21. The zero-order chi connectivity index (χ0) is 21.7. The van der Waals surface area contributed by atoms with Gasteiger partial charge in [0.1, 0.15) is 11.5 Å². The second kappa shape index (κ2) is 7.45. The first kappa shape index (κ1) is 19.7. The van der Waals surface area contributed by atoms with E-state index in [1.165, 1.54) is 22.3 Å². The minimum Gasteiger partial charge on any atom is -0.491 e. The molecule has 0 unspecified atom stereocenters. The molecule has 0 saturated carbocycles. The van der Waals surface area contributed by atoms with Gasteiger partial charge in [0.2, 0.25) is 0 Å². The third-order valence-corrected chi connectivity index (χ3v) is 5.99. The fourth-order valence-electron chi connectivity index (χ4n) is 5.03. The van der Waals surface area contributed by atoms with Crippen LogP contribution in [0.15, 0.2) is 60.7 Å². The van der Waals surface area contributed by atoms with Gasteiger partial charge in [0.25, 0.3) is 0 Å². The molecule has 0 heterocycles. The van der Waals surface area contributed by atoms with Gasteiger partial charge in [0.05, 0.1) is 6.10 Å². The lowest BCUT2D eigenvalue weighted by Crippen LogP contribution is -2.34. The maximum absolute atomic E-state index is 12.5. The highest BCUT2D eigenvalue weighted by Gasteiger charge is 2.44. The summed E-state index contributed by atoms with van der Waals surface area (Å²) >= 11 is 0. The van der Waals surface area contributed by atoms with Crippen molar-refractivity contribution in [3.8, 4) is 11.5 Å². The molecule has 3 aromatic carbocycles. The molecule has 2 bridgehead atoms. The minimum atomic E-state index is -0.433. The Labute approximate surface area is 183 Å². The van der Waals surface area contributed by atoms with Gasteiger partial charge in [0, 0.05) is 29.0 Å². The van der Waals surface area contributed by atoms with E-state index in [-0.39, 0.29) is 24.0 Å². The van der Waals surface area contributed by atoms with Crippen molar-refractivity contribution < 1.29 is 14.3 Å². The van der Waals surface area contributed by atoms with Crippen LogP contribution in [0, 0.1) is 0 Å². The number of amides is 1. The Morgan fingerprint density at radius 2 is 1.19 bits per heavy atom. The summed E-state index contributed by atoms with van der Waals surface area (Å²) in [7, 11) is 0. The molecule has 0 fully saturated rings. The Bertz CT molecular complexity index is 1120. The first-order valence-corrected chi connectivity index (χ1v) is 10.9. The van der Waals surface area contributed by atoms with E-state index < -0.39 is 6.09 Å². The third-order valence-electron chi connectivity index (χ3n) is 5.99. The monoisotopic (exact) mass is 413 g/mol. The summed E-state index contributed by atoms with van der Waals surface area (Å²) < 4.78 is 12.1. The van der Waals surface area contributed by atoms with E-state index in [9.17, 15) is 4.79 Å². The number of rotatable bonds is 4. The molecule has 0 spiro atoms. The van der Waals surface area contributed by atoms with Crippen LogP contribution in [0.2, 0.25) is 0 Å². The zero-order valence-corrected chi connectivity index (χ0v) is 18.3. The van der Waals surface area contributed by atoms with E-state index in [0.29, 0.717) is 5.75 Å². The van der Waals surface area contributed by atoms with E-state index in [0.717, 1.165) is 16.9 Å². The second-order valence-corrected chi connectivity index (χ2v) is 8.87. The molecule has 3 aliphatic rings. The van der Waals surface area contributed by atoms with Crippen LogP contribution < -0.4 is 14.8 Å². The van der Waals surface area contributed by atoms with Gasteiger partial charge in [-0.1, -0.05) is 48.5 Å². The van der Waals surface area contributed by atoms with E-state index >= 15 is 0 Å². The number of hydrogen-bond donors (Lipinski definition) is 1. The molecular weight excluding hydrogens is 386 g/mol. The first-order valence-electron chi connectivity index (χ1n) is 10.9. The van der Waals surface area contributed by atoms with Gasteiger partial charge in [-0.2, -0.15) is 0 Å². The highest BCUT2D eigenvalue weighted by atomic mass is 16.6. The Balaban J connectivity index is 1.75. The summed E-state index contributed by atoms with van der Waals surface area (Å²) in [6.07, 6.45) is -0.385. The summed E-state index contributed by atoms with van der Waals surface area (Å²) in [6, 6.07) is 21.0. The highest BCUT2D eigenvalue weighted by Crippen LogP contribution is 2.60. The van der Waals surface area contributed by atoms with Crippen molar-refractivity contribution in [3.63, 3.8) is 0 Å². The molecule has 0 atom stereocenters. The minimum absolute atomic E-state index is 0.00442. The van der Waals surface area contributed by atoms with Crippen LogP contribution in [0.25, 0.3) is 0 Å². The average molecular weight is 414 g/mol. The van der Waals surface area contributed by atoms with Crippen LogP contribution in [0.1, 0.15) is 72.9 Å². The molecular formula is C27H27NO3. The normalized spacial score (nSPS) is 17.7. The van der Waals surface area contributed by atoms with Gasteiger partial charge in [-0.25, -0.2) is 4.79 Å². The lowest BCUT2D eigenvalue weighted by Gasteiger charge is -2.43. The van der Waals surface area contributed by atoms with E-state index in [1.807, 2.05) is 39.8 Å². The fourth-order valence-corrected chi connectivity index (χ4v) is 5.03. The molecule has 3 aromatic rings. The van der Waals surface area contributed by atoms with Crippen LogP contribution >= 0.6 is 0 Å². The maximum Gasteiger partial charge on any atom is 0.412 e. The van der Waals surface area contributed by atoms with Gasteiger partial charge in [-0.05, 0) is 62.1 Å². The number of nitrogens with one attached hydrogen (secondary N) is 1. The van der Waals surface area contributed by atoms with Crippen LogP contribution in [-0.4, -0.2) is 18.2 Å². The summed E-state index contributed by atoms with van der Waals surface area (Å²) in [5.41, 5.74) is 7.31. The van der Waals surface area contributed by atoms with Gasteiger partial charge in [-0.15, -0.1) is 0 Å². The van der Waals surface area contributed by atoms with Crippen molar-refractivity contribution in [1.29, 1.82) is 0 Å². The molecule has 1 amide bonds. The Hall–Kier alpha value is -3.27.